The van der Waals surface area contributed by atoms with Gasteiger partial charge in [0.05, 0.1) is 17.5 Å². The van der Waals surface area contributed by atoms with Gasteiger partial charge in [0.25, 0.3) is 5.91 Å². The molecule has 2 saturated heterocycles. The van der Waals surface area contributed by atoms with Gasteiger partial charge < -0.3 is 4.90 Å². The maximum Gasteiger partial charge on any atom is 0.274 e. The molecule has 118 valence electrons. The largest absolute Gasteiger partial charge is 0.333 e. The third kappa shape index (κ3) is 2.13. The van der Waals surface area contributed by atoms with Gasteiger partial charge in [-0.15, -0.1) is 0 Å². The minimum absolute atomic E-state index is 0.0250. The molecule has 0 aromatic carbocycles. The van der Waals surface area contributed by atoms with Gasteiger partial charge in [-0.2, -0.15) is 4.31 Å². The van der Waals surface area contributed by atoms with Crippen LogP contribution in [0.4, 0.5) is 0 Å². The molecule has 3 heterocycles. The van der Waals surface area contributed by atoms with Crippen molar-refractivity contribution in [2.45, 2.75) is 43.0 Å². The first-order valence-electron chi connectivity index (χ1n) is 7.66. The van der Waals surface area contributed by atoms with Gasteiger partial charge in [-0.25, -0.2) is 13.4 Å². The molecule has 22 heavy (non-hydrogen) atoms. The maximum atomic E-state index is 12.5. The van der Waals surface area contributed by atoms with E-state index in [9.17, 15) is 13.2 Å². The normalized spacial score (nSPS) is 28.8. The van der Waals surface area contributed by atoms with Crippen LogP contribution in [0.2, 0.25) is 0 Å². The maximum absolute atomic E-state index is 12.5. The van der Waals surface area contributed by atoms with Gasteiger partial charge in [0.2, 0.25) is 10.0 Å². The summed E-state index contributed by atoms with van der Waals surface area (Å²) in [5.41, 5.74) is 0.326. The molecule has 7 nitrogen and oxygen atoms in total. The van der Waals surface area contributed by atoms with Gasteiger partial charge in [-0.3, -0.25) is 9.78 Å². The fourth-order valence-electron chi connectivity index (χ4n) is 3.63. The molecule has 0 spiro atoms. The number of sulfonamides is 1. The van der Waals surface area contributed by atoms with Gasteiger partial charge in [0.1, 0.15) is 5.69 Å². The predicted octanol–water partition coefficient (Wildman–Crippen LogP) is 0.258. The van der Waals surface area contributed by atoms with Crippen molar-refractivity contribution in [3.63, 3.8) is 0 Å². The van der Waals surface area contributed by atoms with Crippen LogP contribution in [0.25, 0.3) is 0 Å². The van der Waals surface area contributed by atoms with Crippen LogP contribution in [0.1, 0.15) is 36.2 Å². The molecular weight excluding hydrogens is 304 g/mol. The van der Waals surface area contributed by atoms with Crippen molar-refractivity contribution >= 4 is 15.9 Å². The molecule has 0 N–H and O–H groups in total. The highest BCUT2D eigenvalue weighted by molar-refractivity contribution is 7.90. The van der Waals surface area contributed by atoms with E-state index in [0.717, 1.165) is 12.8 Å². The number of carbonyl (C=O) groups excluding carboxylic acids is 1. The van der Waals surface area contributed by atoms with E-state index in [-0.39, 0.29) is 23.2 Å². The Bertz CT molecular complexity index is 689. The summed E-state index contributed by atoms with van der Waals surface area (Å²) >= 11 is 0. The van der Waals surface area contributed by atoms with Gasteiger partial charge in [-0.05, 0) is 25.7 Å². The summed E-state index contributed by atoms with van der Waals surface area (Å²) in [4.78, 5) is 22.3. The Labute approximate surface area is 129 Å². The number of hydrogen-bond donors (Lipinski definition) is 0. The Balaban J connectivity index is 1.54. The van der Waals surface area contributed by atoms with E-state index in [0.29, 0.717) is 31.6 Å². The van der Waals surface area contributed by atoms with Crippen LogP contribution in [0.15, 0.2) is 18.6 Å². The van der Waals surface area contributed by atoms with E-state index in [4.69, 9.17) is 0 Å². The lowest BCUT2D eigenvalue weighted by atomic mass is 10.1. The number of carbonyl (C=O) groups is 1. The summed E-state index contributed by atoms with van der Waals surface area (Å²) in [6, 6.07) is -0.0887. The highest BCUT2D eigenvalue weighted by Crippen LogP contribution is 2.39. The Morgan fingerprint density at radius 3 is 2.55 bits per heavy atom. The summed E-state index contributed by atoms with van der Waals surface area (Å²) < 4.78 is 26.6. The molecule has 3 aliphatic rings. The number of aromatic nitrogens is 2. The summed E-state index contributed by atoms with van der Waals surface area (Å²) in [5.74, 6) is -0.147. The van der Waals surface area contributed by atoms with Crippen molar-refractivity contribution in [2.24, 2.45) is 0 Å². The highest BCUT2D eigenvalue weighted by Gasteiger charge is 2.52. The van der Waals surface area contributed by atoms with Crippen molar-refractivity contribution in [1.29, 1.82) is 0 Å². The molecule has 3 fully saturated rings. The second-order valence-electron chi connectivity index (χ2n) is 6.16. The molecule has 0 bridgehead atoms. The molecule has 8 heteroatoms. The predicted molar refractivity (Wildman–Crippen MR) is 78.5 cm³/mol. The fraction of sp³-hybridized carbons (Fsp3) is 0.643. The number of hydrogen-bond acceptors (Lipinski definition) is 5. The van der Waals surface area contributed by atoms with Crippen LogP contribution < -0.4 is 0 Å². The van der Waals surface area contributed by atoms with Crippen molar-refractivity contribution in [2.75, 3.05) is 13.1 Å². The fourth-order valence-corrected chi connectivity index (χ4v) is 5.73. The molecule has 0 radical (unpaired) electrons. The molecule has 1 aliphatic carbocycles. The Kier molecular flexibility index (Phi) is 3.19. The van der Waals surface area contributed by atoms with Crippen LogP contribution in [-0.4, -0.2) is 63.9 Å². The lowest BCUT2D eigenvalue weighted by Crippen LogP contribution is -2.42. The number of amides is 1. The highest BCUT2D eigenvalue weighted by atomic mass is 32.2. The molecule has 2 atom stereocenters. The van der Waals surface area contributed by atoms with Gasteiger partial charge in [-0.1, -0.05) is 0 Å². The summed E-state index contributed by atoms with van der Waals surface area (Å²) in [6.45, 7) is 1.11. The van der Waals surface area contributed by atoms with E-state index in [1.807, 2.05) is 0 Å². The molecule has 4 rings (SSSR count). The molecule has 2 aliphatic heterocycles. The Morgan fingerprint density at radius 1 is 1.09 bits per heavy atom. The van der Waals surface area contributed by atoms with E-state index < -0.39 is 10.0 Å². The minimum Gasteiger partial charge on any atom is -0.333 e. The zero-order chi connectivity index (χ0) is 15.3. The van der Waals surface area contributed by atoms with Crippen LogP contribution in [0.5, 0.6) is 0 Å². The first kappa shape index (κ1) is 14.1. The third-order valence-electron chi connectivity index (χ3n) is 4.84. The van der Waals surface area contributed by atoms with Gasteiger partial charge in [0, 0.05) is 31.5 Å². The summed E-state index contributed by atoms with van der Waals surface area (Å²) in [7, 11) is -3.17. The van der Waals surface area contributed by atoms with E-state index >= 15 is 0 Å². The monoisotopic (exact) mass is 322 g/mol. The van der Waals surface area contributed by atoms with Crippen molar-refractivity contribution in [3.05, 3.63) is 24.3 Å². The van der Waals surface area contributed by atoms with Crippen LogP contribution in [0.3, 0.4) is 0 Å². The van der Waals surface area contributed by atoms with Crippen molar-refractivity contribution in [3.8, 4) is 0 Å². The van der Waals surface area contributed by atoms with Crippen LogP contribution in [-0.2, 0) is 10.0 Å². The Hall–Kier alpha value is -1.54. The van der Waals surface area contributed by atoms with E-state index in [1.165, 1.54) is 18.6 Å². The minimum atomic E-state index is -3.17. The summed E-state index contributed by atoms with van der Waals surface area (Å²) in [6.07, 6.45) is 7.47. The number of fused-ring (bicyclic) bond motifs is 1. The topological polar surface area (TPSA) is 83.5 Å². The first-order valence-corrected chi connectivity index (χ1v) is 9.17. The van der Waals surface area contributed by atoms with E-state index in [1.54, 1.807) is 9.21 Å². The van der Waals surface area contributed by atoms with Gasteiger partial charge >= 0.3 is 0 Å². The first-order chi connectivity index (χ1) is 10.6. The lowest BCUT2D eigenvalue weighted by molar-refractivity contribution is 0.0728. The number of likely N-dealkylation sites (tertiary alicyclic amines) is 1. The standard InChI is InChI=1S/C14H18N4O3S/c19-14(11-9-15-5-6-16-11)17-7-3-13-12(17)4-8-18(13)22(20,21)10-1-2-10/h5-6,9-10,12-13H,1-4,7-8H2/t12-,13+/m1/s1. The van der Waals surface area contributed by atoms with E-state index in [2.05, 4.69) is 9.97 Å². The molecular formula is C14H18N4O3S. The second-order valence-corrected chi connectivity index (χ2v) is 8.32. The zero-order valence-electron chi connectivity index (χ0n) is 12.1. The summed E-state index contributed by atoms with van der Waals surface area (Å²) in [5, 5.41) is -0.184. The zero-order valence-corrected chi connectivity index (χ0v) is 12.9. The van der Waals surface area contributed by atoms with Crippen LogP contribution in [0, 0.1) is 0 Å². The quantitative estimate of drug-likeness (QED) is 0.797. The Morgan fingerprint density at radius 2 is 1.86 bits per heavy atom. The van der Waals surface area contributed by atoms with Gasteiger partial charge in [0.15, 0.2) is 0 Å². The molecule has 1 aromatic rings. The molecule has 1 saturated carbocycles. The lowest BCUT2D eigenvalue weighted by Gasteiger charge is -2.25. The smallest absolute Gasteiger partial charge is 0.274 e. The SMILES string of the molecule is O=C(c1cnccn1)N1CC[C@H]2[C@H]1CCN2S(=O)(=O)C1CC1. The molecule has 0 unspecified atom stereocenters. The van der Waals surface area contributed by atoms with Crippen molar-refractivity contribution in [1.82, 2.24) is 19.2 Å². The average Bonchev–Trinajstić information content (AvgIpc) is 3.18. The molecule has 1 aromatic heterocycles. The van der Waals surface area contributed by atoms with Crippen LogP contribution >= 0.6 is 0 Å². The van der Waals surface area contributed by atoms with Crippen molar-refractivity contribution < 1.29 is 13.2 Å². The third-order valence-corrected chi connectivity index (χ3v) is 7.26. The number of nitrogens with zero attached hydrogens (tertiary/aromatic N) is 4. The second kappa shape index (κ2) is 4.99. The number of rotatable bonds is 3. The molecule has 1 amide bonds. The average molecular weight is 322 g/mol.